The maximum absolute atomic E-state index is 14.0. The molecule has 0 spiro atoms. The fourth-order valence-electron chi connectivity index (χ4n) is 4.09. The van der Waals surface area contributed by atoms with Gasteiger partial charge in [-0.05, 0) is 48.9 Å². The molecule has 14 heteroatoms. The molecule has 1 saturated carbocycles. The van der Waals surface area contributed by atoms with Crippen LogP contribution in [0.4, 0.5) is 11.4 Å². The summed E-state index contributed by atoms with van der Waals surface area (Å²) >= 11 is 1.37. The minimum Gasteiger partial charge on any atom is -0.505 e. The minimum absolute atomic E-state index is 0.0472. The number of hydrogen-bond donors (Lipinski definition) is 3. The van der Waals surface area contributed by atoms with Crippen LogP contribution in [-0.2, 0) is 25.7 Å². The molecule has 0 radical (unpaired) electrons. The Bertz CT molecular complexity index is 1600. The monoisotopic (exact) mass is 563 g/mol. The normalized spacial score (nSPS) is 19.1. The number of aryl methyl sites for hydroxylation is 1. The summed E-state index contributed by atoms with van der Waals surface area (Å²) < 4.78 is 50.9. The van der Waals surface area contributed by atoms with Crippen molar-refractivity contribution in [1.82, 2.24) is 9.78 Å². The number of nitrogens with one attached hydrogen (secondary N) is 2. The minimum atomic E-state index is -3.95. The second-order valence-corrected chi connectivity index (χ2v) is 13.6. The van der Waals surface area contributed by atoms with Gasteiger partial charge in [0, 0.05) is 12.2 Å². The van der Waals surface area contributed by atoms with Crippen molar-refractivity contribution < 1.29 is 22.6 Å². The van der Waals surface area contributed by atoms with Crippen molar-refractivity contribution in [3.8, 4) is 16.3 Å². The standard InChI is InChI=1S/C23H26N5O6PS2/c1-3-34-35(31)17-13-15(27-37(2,32)33)8-9-16(17)24-22(26-35)19-21(29)20(18-5-4-12-36-18)25-28(23(19)30)11-10-14-6-7-14/h4-5,8-9,12-14,27,29H,3,6-7,10-11H2,1-2H3,(H,24,26,31). The van der Waals surface area contributed by atoms with Gasteiger partial charge in [-0.1, -0.05) is 18.9 Å². The highest BCUT2D eigenvalue weighted by Crippen LogP contribution is 2.52. The Morgan fingerprint density at radius 1 is 1.32 bits per heavy atom. The van der Waals surface area contributed by atoms with Crippen molar-refractivity contribution in [2.24, 2.45) is 10.7 Å². The van der Waals surface area contributed by atoms with Crippen LogP contribution in [0.2, 0.25) is 0 Å². The lowest BCUT2D eigenvalue weighted by Gasteiger charge is -2.26. The van der Waals surface area contributed by atoms with Gasteiger partial charge in [0.05, 0.1) is 28.7 Å². The van der Waals surface area contributed by atoms with Gasteiger partial charge in [-0.25, -0.2) is 13.1 Å². The van der Waals surface area contributed by atoms with Gasteiger partial charge < -0.3 is 14.9 Å². The van der Waals surface area contributed by atoms with E-state index >= 15 is 0 Å². The maximum Gasteiger partial charge on any atom is 0.348 e. The molecule has 0 saturated heterocycles. The van der Waals surface area contributed by atoms with E-state index in [9.17, 15) is 22.9 Å². The molecule has 2 aliphatic rings. The van der Waals surface area contributed by atoms with Gasteiger partial charge in [0.15, 0.2) is 11.6 Å². The topological polar surface area (TPSA) is 152 Å². The number of anilines is 2. The molecule has 1 aromatic carbocycles. The third kappa shape index (κ3) is 5.35. The van der Waals surface area contributed by atoms with E-state index in [1.807, 2.05) is 11.4 Å². The molecule has 3 N–H and O–H groups in total. The first kappa shape index (κ1) is 25.7. The summed E-state index contributed by atoms with van der Waals surface area (Å²) in [4.78, 5) is 14.2. The van der Waals surface area contributed by atoms with Crippen LogP contribution in [0.25, 0.3) is 10.6 Å². The van der Waals surface area contributed by atoms with Crippen LogP contribution >= 0.6 is 18.9 Å². The summed E-state index contributed by atoms with van der Waals surface area (Å²) in [6, 6.07) is 8.01. The number of sulfonamides is 1. The van der Waals surface area contributed by atoms with Crippen LogP contribution in [0.1, 0.15) is 31.7 Å². The molecule has 0 amide bonds. The van der Waals surface area contributed by atoms with Gasteiger partial charge in [-0.3, -0.25) is 14.1 Å². The molecule has 1 atom stereocenters. The van der Waals surface area contributed by atoms with Crippen molar-refractivity contribution in [3.63, 3.8) is 0 Å². The number of aromatic hydroxyl groups is 1. The van der Waals surface area contributed by atoms with Gasteiger partial charge in [0.2, 0.25) is 10.0 Å². The molecule has 1 aliphatic carbocycles. The SMILES string of the molecule is CCOP1(=O)N=C(c2c(O)c(-c3cccs3)nn(CCC3CC3)c2=O)Nc2ccc(NS(C)(=O)=O)cc21. The third-order valence-corrected chi connectivity index (χ3v) is 9.50. The summed E-state index contributed by atoms with van der Waals surface area (Å²) in [5, 5.41) is 20.7. The first-order valence-electron chi connectivity index (χ1n) is 11.7. The number of rotatable bonds is 9. The Balaban J connectivity index is 1.65. The van der Waals surface area contributed by atoms with E-state index in [4.69, 9.17) is 4.52 Å². The zero-order valence-electron chi connectivity index (χ0n) is 20.2. The van der Waals surface area contributed by atoms with Crippen LogP contribution in [-0.4, -0.2) is 42.0 Å². The number of benzene rings is 1. The Labute approximate surface area is 217 Å². The molecular formula is C23H26N5O6PS2. The average Bonchev–Trinajstić information content (AvgIpc) is 3.49. The molecule has 11 nitrogen and oxygen atoms in total. The third-order valence-electron chi connectivity index (χ3n) is 5.96. The second kappa shape index (κ2) is 9.71. The van der Waals surface area contributed by atoms with Gasteiger partial charge in [-0.2, -0.15) is 9.86 Å². The van der Waals surface area contributed by atoms with E-state index in [0.717, 1.165) is 25.5 Å². The molecule has 3 aromatic rings. The van der Waals surface area contributed by atoms with E-state index in [2.05, 4.69) is 19.9 Å². The fraction of sp³-hybridized carbons (Fsp3) is 0.348. The molecule has 1 aliphatic heterocycles. The number of nitrogens with zero attached hydrogens (tertiary/aromatic N) is 3. The molecular weight excluding hydrogens is 537 g/mol. The lowest BCUT2D eigenvalue weighted by atomic mass is 10.1. The van der Waals surface area contributed by atoms with Crippen molar-refractivity contribution in [3.05, 3.63) is 51.6 Å². The smallest absolute Gasteiger partial charge is 0.348 e. The summed E-state index contributed by atoms with van der Waals surface area (Å²) in [6.45, 7) is 2.08. The Kier molecular flexibility index (Phi) is 6.73. The predicted molar refractivity (Wildman–Crippen MR) is 145 cm³/mol. The van der Waals surface area contributed by atoms with E-state index < -0.39 is 23.1 Å². The lowest BCUT2D eigenvalue weighted by Crippen LogP contribution is -2.35. The van der Waals surface area contributed by atoms with Crippen LogP contribution in [0.3, 0.4) is 0 Å². The van der Waals surface area contributed by atoms with E-state index in [1.54, 1.807) is 13.0 Å². The van der Waals surface area contributed by atoms with Crippen LogP contribution in [0, 0.1) is 5.92 Å². The van der Waals surface area contributed by atoms with Gasteiger partial charge >= 0.3 is 7.52 Å². The molecule has 196 valence electrons. The van der Waals surface area contributed by atoms with Crippen LogP contribution in [0.15, 0.2) is 45.3 Å². The number of amidine groups is 1. The van der Waals surface area contributed by atoms with E-state index in [0.29, 0.717) is 23.0 Å². The van der Waals surface area contributed by atoms with Gasteiger partial charge in [-0.15, -0.1) is 11.3 Å². The van der Waals surface area contributed by atoms with E-state index in [1.165, 1.54) is 34.2 Å². The molecule has 1 fully saturated rings. The molecule has 5 rings (SSSR count). The van der Waals surface area contributed by atoms with Gasteiger partial charge in [0.1, 0.15) is 11.3 Å². The summed E-state index contributed by atoms with van der Waals surface area (Å²) in [5.41, 5.74) is 0.0220. The van der Waals surface area contributed by atoms with Crippen molar-refractivity contribution in [1.29, 1.82) is 0 Å². The number of aromatic nitrogens is 2. The summed E-state index contributed by atoms with van der Waals surface area (Å²) in [5.74, 6) is 0.0836. The van der Waals surface area contributed by atoms with Crippen LogP contribution in [0.5, 0.6) is 5.75 Å². The second-order valence-electron chi connectivity index (χ2n) is 8.93. The molecule has 1 unspecified atom stereocenters. The Morgan fingerprint density at radius 3 is 2.76 bits per heavy atom. The molecule has 0 bridgehead atoms. The highest BCUT2D eigenvalue weighted by atomic mass is 32.2. The van der Waals surface area contributed by atoms with Gasteiger partial charge in [0.25, 0.3) is 5.56 Å². The first-order chi connectivity index (χ1) is 17.6. The Hall–Kier alpha value is -2.99. The predicted octanol–water partition coefficient (Wildman–Crippen LogP) is 3.58. The highest BCUT2D eigenvalue weighted by molar-refractivity contribution is 7.92. The Morgan fingerprint density at radius 2 is 2.11 bits per heavy atom. The number of hydrogen-bond acceptors (Lipinski definition) is 9. The quantitative estimate of drug-likeness (QED) is 0.334. The number of thiophene rings is 1. The molecule has 2 aromatic heterocycles. The van der Waals surface area contributed by atoms with E-state index in [-0.39, 0.29) is 40.4 Å². The highest BCUT2D eigenvalue weighted by Gasteiger charge is 2.36. The molecule has 3 heterocycles. The summed E-state index contributed by atoms with van der Waals surface area (Å²) in [7, 11) is -7.53. The average molecular weight is 564 g/mol. The largest absolute Gasteiger partial charge is 0.505 e. The zero-order chi connectivity index (χ0) is 26.4. The summed E-state index contributed by atoms with van der Waals surface area (Å²) in [6.07, 6.45) is 4.04. The first-order valence-corrected chi connectivity index (χ1v) is 16.1. The zero-order valence-corrected chi connectivity index (χ0v) is 22.7. The maximum atomic E-state index is 14.0. The fourth-order valence-corrected chi connectivity index (χ4v) is 7.16. The van der Waals surface area contributed by atoms with Crippen molar-refractivity contribution in [2.45, 2.75) is 32.7 Å². The molecule has 37 heavy (non-hydrogen) atoms. The van der Waals surface area contributed by atoms with Crippen molar-refractivity contribution >= 4 is 51.4 Å². The van der Waals surface area contributed by atoms with Crippen LogP contribution < -0.4 is 20.9 Å². The van der Waals surface area contributed by atoms with Crippen molar-refractivity contribution in [2.75, 3.05) is 22.9 Å². The lowest BCUT2D eigenvalue weighted by molar-refractivity contribution is 0.341. The number of fused-ring (bicyclic) bond motifs is 1.